The number of nitrogens with one attached hydrogen (secondary N) is 1. The lowest BCUT2D eigenvalue weighted by Crippen LogP contribution is -2.47. The molecule has 3 fully saturated rings. The Labute approximate surface area is 140 Å². The summed E-state index contributed by atoms with van der Waals surface area (Å²) in [4.78, 5) is 12.5. The fraction of sp³-hybridized carbons (Fsp3) is 0.941. The summed E-state index contributed by atoms with van der Waals surface area (Å²) in [5, 5.41) is 3.24. The number of fused-ring (bicyclic) bond motifs is 2. The number of amides is 1. The van der Waals surface area contributed by atoms with Gasteiger partial charge >= 0.3 is 0 Å². The van der Waals surface area contributed by atoms with Gasteiger partial charge in [-0.25, -0.2) is 12.7 Å². The Morgan fingerprint density at radius 2 is 1.87 bits per heavy atom. The summed E-state index contributed by atoms with van der Waals surface area (Å²) in [5.41, 5.74) is 0. The van der Waals surface area contributed by atoms with Gasteiger partial charge in [0.1, 0.15) is 0 Å². The fourth-order valence-electron chi connectivity index (χ4n) is 4.93. The highest BCUT2D eigenvalue weighted by atomic mass is 32.2. The molecule has 132 valence electrons. The summed E-state index contributed by atoms with van der Waals surface area (Å²) >= 11 is 0. The number of carbonyl (C=O) groups is 1. The van der Waals surface area contributed by atoms with Gasteiger partial charge in [0.25, 0.3) is 0 Å². The van der Waals surface area contributed by atoms with Crippen molar-refractivity contribution in [3.05, 3.63) is 0 Å². The predicted molar refractivity (Wildman–Crippen MR) is 90.3 cm³/mol. The molecule has 3 aliphatic rings. The highest BCUT2D eigenvalue weighted by Gasteiger charge is 2.42. The SMILES string of the molecule is CCS(=O)(=O)N1CCC(C(=O)N[C@@H](C)[C@H]2C[C@H]3CC[C@H]2C3)CC1. The number of hydrogen-bond acceptors (Lipinski definition) is 3. The molecule has 2 aliphatic carbocycles. The molecule has 1 amide bonds. The van der Waals surface area contributed by atoms with Crippen LogP contribution in [0.15, 0.2) is 0 Å². The van der Waals surface area contributed by atoms with Crippen molar-refractivity contribution in [2.45, 2.75) is 58.4 Å². The molecule has 0 unspecified atom stereocenters. The molecule has 2 bridgehead atoms. The Balaban J connectivity index is 1.48. The Kier molecular flexibility index (Phi) is 5.02. The molecule has 0 aromatic rings. The molecule has 5 nitrogen and oxygen atoms in total. The van der Waals surface area contributed by atoms with E-state index in [1.54, 1.807) is 6.92 Å². The topological polar surface area (TPSA) is 66.5 Å². The van der Waals surface area contributed by atoms with Gasteiger partial charge in [0.15, 0.2) is 0 Å². The Morgan fingerprint density at radius 3 is 2.39 bits per heavy atom. The smallest absolute Gasteiger partial charge is 0.223 e. The van der Waals surface area contributed by atoms with Gasteiger partial charge in [-0.05, 0) is 63.7 Å². The van der Waals surface area contributed by atoms with Crippen molar-refractivity contribution >= 4 is 15.9 Å². The van der Waals surface area contributed by atoms with Crippen LogP contribution < -0.4 is 5.32 Å². The zero-order chi connectivity index (χ0) is 16.6. The molecule has 23 heavy (non-hydrogen) atoms. The third-order valence-corrected chi connectivity index (χ3v) is 8.27. The van der Waals surface area contributed by atoms with Crippen LogP contribution in [0.4, 0.5) is 0 Å². The second kappa shape index (κ2) is 6.71. The van der Waals surface area contributed by atoms with Gasteiger partial charge in [-0.1, -0.05) is 6.42 Å². The van der Waals surface area contributed by atoms with E-state index in [0.717, 1.165) is 11.8 Å². The highest BCUT2D eigenvalue weighted by molar-refractivity contribution is 7.89. The normalized spacial score (nSPS) is 33.7. The van der Waals surface area contributed by atoms with Crippen LogP contribution in [0.25, 0.3) is 0 Å². The fourth-order valence-corrected chi connectivity index (χ4v) is 6.07. The van der Waals surface area contributed by atoms with Crippen molar-refractivity contribution in [1.29, 1.82) is 0 Å². The summed E-state index contributed by atoms with van der Waals surface area (Å²) in [6, 6.07) is 0.259. The number of carbonyl (C=O) groups excluding carboxylic acids is 1. The molecule has 3 rings (SSSR count). The minimum atomic E-state index is -3.11. The average Bonchev–Trinajstić information content (AvgIpc) is 3.18. The van der Waals surface area contributed by atoms with Crippen molar-refractivity contribution in [3.8, 4) is 0 Å². The van der Waals surface area contributed by atoms with E-state index in [9.17, 15) is 13.2 Å². The van der Waals surface area contributed by atoms with E-state index in [0.29, 0.717) is 31.8 Å². The van der Waals surface area contributed by atoms with E-state index in [-0.39, 0.29) is 23.6 Å². The molecule has 1 aliphatic heterocycles. The molecule has 4 atom stereocenters. The summed E-state index contributed by atoms with van der Waals surface area (Å²) in [5.74, 6) is 2.61. The summed E-state index contributed by atoms with van der Waals surface area (Å²) in [6.45, 7) is 4.79. The van der Waals surface area contributed by atoms with Crippen LogP contribution in [-0.4, -0.2) is 43.5 Å². The lowest BCUT2D eigenvalue weighted by atomic mass is 9.83. The van der Waals surface area contributed by atoms with Gasteiger partial charge in [-0.2, -0.15) is 0 Å². The molecular weight excluding hydrogens is 312 g/mol. The lowest BCUT2D eigenvalue weighted by Gasteiger charge is -2.33. The Bertz CT molecular complexity index is 540. The number of hydrogen-bond donors (Lipinski definition) is 1. The maximum absolute atomic E-state index is 12.5. The van der Waals surface area contributed by atoms with E-state index in [4.69, 9.17) is 0 Å². The van der Waals surface area contributed by atoms with Gasteiger partial charge in [-0.3, -0.25) is 4.79 Å². The van der Waals surface area contributed by atoms with Gasteiger partial charge in [0.2, 0.25) is 15.9 Å². The average molecular weight is 343 g/mol. The molecule has 2 saturated carbocycles. The molecule has 0 aromatic heterocycles. The first-order valence-corrected chi connectivity index (χ1v) is 10.8. The first-order valence-electron chi connectivity index (χ1n) is 9.19. The largest absolute Gasteiger partial charge is 0.353 e. The summed E-state index contributed by atoms with van der Waals surface area (Å²) in [7, 11) is -3.11. The molecule has 1 heterocycles. The maximum Gasteiger partial charge on any atom is 0.223 e. The van der Waals surface area contributed by atoms with E-state index in [1.807, 2.05) is 0 Å². The second-order valence-electron chi connectivity index (χ2n) is 7.71. The van der Waals surface area contributed by atoms with Gasteiger partial charge in [0, 0.05) is 25.0 Å². The molecular formula is C17H30N2O3S. The van der Waals surface area contributed by atoms with Crippen molar-refractivity contribution in [2.75, 3.05) is 18.8 Å². The van der Waals surface area contributed by atoms with Gasteiger partial charge in [0.05, 0.1) is 5.75 Å². The molecule has 1 N–H and O–H groups in total. The van der Waals surface area contributed by atoms with Crippen LogP contribution >= 0.6 is 0 Å². The van der Waals surface area contributed by atoms with E-state index in [2.05, 4.69) is 12.2 Å². The van der Waals surface area contributed by atoms with Gasteiger partial charge < -0.3 is 5.32 Å². The number of nitrogens with zero attached hydrogens (tertiary/aromatic N) is 1. The first-order chi connectivity index (χ1) is 10.9. The monoisotopic (exact) mass is 342 g/mol. The highest BCUT2D eigenvalue weighted by Crippen LogP contribution is 2.49. The third kappa shape index (κ3) is 3.58. The maximum atomic E-state index is 12.5. The van der Waals surface area contributed by atoms with Crippen LogP contribution in [0.2, 0.25) is 0 Å². The zero-order valence-corrected chi connectivity index (χ0v) is 15.1. The van der Waals surface area contributed by atoms with Crippen molar-refractivity contribution in [1.82, 2.24) is 9.62 Å². The Morgan fingerprint density at radius 1 is 1.17 bits per heavy atom. The van der Waals surface area contributed by atoms with E-state index < -0.39 is 10.0 Å². The van der Waals surface area contributed by atoms with Crippen molar-refractivity contribution in [3.63, 3.8) is 0 Å². The minimum Gasteiger partial charge on any atom is -0.353 e. The predicted octanol–water partition coefficient (Wildman–Crippen LogP) is 1.99. The van der Waals surface area contributed by atoms with Crippen molar-refractivity contribution < 1.29 is 13.2 Å². The second-order valence-corrected chi connectivity index (χ2v) is 9.97. The van der Waals surface area contributed by atoms with Crippen LogP contribution in [0.5, 0.6) is 0 Å². The molecule has 0 radical (unpaired) electrons. The first kappa shape index (κ1) is 17.2. The van der Waals surface area contributed by atoms with Crippen LogP contribution in [0, 0.1) is 23.7 Å². The standard InChI is InChI=1S/C17H30N2O3S/c1-3-23(21,22)19-8-6-14(7-9-19)17(20)18-12(2)16-11-13-4-5-15(16)10-13/h12-16H,3-11H2,1-2H3,(H,18,20)/t12-,13-,15-,16+/m0/s1. The number of sulfonamides is 1. The van der Waals surface area contributed by atoms with Crippen LogP contribution in [0.1, 0.15) is 52.4 Å². The van der Waals surface area contributed by atoms with Crippen LogP contribution in [-0.2, 0) is 14.8 Å². The van der Waals surface area contributed by atoms with E-state index in [1.165, 1.54) is 30.0 Å². The van der Waals surface area contributed by atoms with Crippen LogP contribution in [0.3, 0.4) is 0 Å². The molecule has 0 spiro atoms. The quantitative estimate of drug-likeness (QED) is 0.831. The molecule has 1 saturated heterocycles. The number of rotatable bonds is 5. The lowest BCUT2D eigenvalue weighted by molar-refractivity contribution is -0.127. The summed E-state index contributed by atoms with van der Waals surface area (Å²) < 4.78 is 25.3. The van der Waals surface area contributed by atoms with Crippen molar-refractivity contribution in [2.24, 2.45) is 23.7 Å². The molecule has 6 heteroatoms. The Hall–Kier alpha value is -0.620. The van der Waals surface area contributed by atoms with Gasteiger partial charge in [-0.15, -0.1) is 0 Å². The summed E-state index contributed by atoms with van der Waals surface area (Å²) in [6.07, 6.45) is 6.65. The minimum absolute atomic E-state index is 0.0284. The molecule has 0 aromatic carbocycles. The van der Waals surface area contributed by atoms with E-state index >= 15 is 0 Å². The third-order valence-electron chi connectivity index (χ3n) is 6.39. The number of piperidine rings is 1. The zero-order valence-electron chi connectivity index (χ0n) is 14.3.